The van der Waals surface area contributed by atoms with E-state index in [9.17, 15) is 19.8 Å². The van der Waals surface area contributed by atoms with E-state index in [4.69, 9.17) is 28.5 Å². The number of phenols is 1. The summed E-state index contributed by atoms with van der Waals surface area (Å²) in [5.74, 6) is 0.947. The number of benzene rings is 3. The van der Waals surface area contributed by atoms with Crippen LogP contribution < -0.4 is 24.6 Å². The molecule has 3 N–H and O–H groups in total. The molecule has 0 saturated carbocycles. The second-order valence-corrected chi connectivity index (χ2v) is 13.4. The van der Waals surface area contributed by atoms with Crippen molar-refractivity contribution in [3.05, 3.63) is 86.8 Å². The molecular formula is C39H42O10. The van der Waals surface area contributed by atoms with Crippen LogP contribution in [0.5, 0.6) is 34.5 Å². The molecule has 3 aromatic carbocycles. The average Bonchev–Trinajstić information content (AvgIpc) is 3.03. The van der Waals surface area contributed by atoms with Gasteiger partial charge in [-0.05, 0) is 103 Å². The molecular weight excluding hydrogens is 628 g/mol. The molecule has 0 radical (unpaired) electrons. The van der Waals surface area contributed by atoms with Gasteiger partial charge in [0.05, 0.1) is 19.8 Å². The van der Waals surface area contributed by atoms with Gasteiger partial charge in [-0.25, -0.2) is 9.59 Å². The minimum Gasteiger partial charge on any atom is -0.508 e. The molecule has 0 fully saturated rings. The average molecular weight is 671 g/mol. The lowest BCUT2D eigenvalue weighted by molar-refractivity contribution is 0.0690. The van der Waals surface area contributed by atoms with E-state index in [-0.39, 0.29) is 33.8 Å². The van der Waals surface area contributed by atoms with Crippen molar-refractivity contribution in [3.8, 4) is 45.6 Å². The molecule has 2 aliphatic rings. The predicted octanol–water partition coefficient (Wildman–Crippen LogP) is 8.07. The van der Waals surface area contributed by atoms with E-state index in [1.54, 1.807) is 18.2 Å². The number of hydrogen-bond acceptors (Lipinski definition) is 9. The molecule has 2 aliphatic heterocycles. The molecule has 3 heterocycles. The van der Waals surface area contributed by atoms with E-state index in [1.807, 2.05) is 53.7 Å². The maximum absolute atomic E-state index is 12.9. The van der Waals surface area contributed by atoms with E-state index >= 15 is 0 Å². The first-order chi connectivity index (χ1) is 23.1. The maximum Gasteiger partial charge on any atom is 0.348 e. The summed E-state index contributed by atoms with van der Waals surface area (Å²) in [5, 5.41) is 30.3. The lowest BCUT2D eigenvalue weighted by Crippen LogP contribution is -2.32. The predicted molar refractivity (Wildman–Crippen MR) is 188 cm³/mol. The van der Waals surface area contributed by atoms with E-state index in [0.717, 1.165) is 35.3 Å². The highest BCUT2D eigenvalue weighted by Crippen LogP contribution is 2.49. The minimum atomic E-state index is -0.977. The van der Waals surface area contributed by atoms with E-state index in [2.05, 4.69) is 6.08 Å². The number of phenolic OH excluding ortho intramolecular Hbond substituents is 1. The zero-order valence-electron chi connectivity index (χ0n) is 29.0. The van der Waals surface area contributed by atoms with Crippen LogP contribution in [0.3, 0.4) is 0 Å². The molecule has 10 nitrogen and oxygen atoms in total. The van der Waals surface area contributed by atoms with Crippen molar-refractivity contribution in [1.29, 1.82) is 0 Å². The number of methoxy groups -OCH3 is 2. The van der Waals surface area contributed by atoms with Gasteiger partial charge in [0.25, 0.3) is 0 Å². The zero-order valence-corrected chi connectivity index (χ0v) is 29.0. The second kappa shape index (κ2) is 13.3. The Morgan fingerprint density at radius 2 is 1.63 bits per heavy atom. The normalized spacial score (nSPS) is 15.0. The van der Waals surface area contributed by atoms with Crippen molar-refractivity contribution < 1.29 is 43.5 Å². The topological polar surface area (TPSA) is 145 Å². The quantitative estimate of drug-likeness (QED) is 0.136. The molecule has 0 bridgehead atoms. The van der Waals surface area contributed by atoms with Gasteiger partial charge in [0.15, 0.2) is 5.58 Å². The molecule has 0 saturated heterocycles. The zero-order chi connectivity index (χ0) is 35.8. The number of fused-ring (bicyclic) bond motifs is 4. The van der Waals surface area contributed by atoms with Crippen LogP contribution in [0.4, 0.5) is 0 Å². The maximum atomic E-state index is 12.9. The highest BCUT2D eigenvalue weighted by atomic mass is 16.5. The van der Waals surface area contributed by atoms with Gasteiger partial charge in [-0.1, -0.05) is 23.8 Å². The van der Waals surface area contributed by atoms with Crippen molar-refractivity contribution in [2.24, 2.45) is 0 Å². The fourth-order valence-electron chi connectivity index (χ4n) is 6.01. The molecule has 10 heteroatoms. The van der Waals surface area contributed by atoms with Gasteiger partial charge in [0.2, 0.25) is 0 Å². The number of hydrogen-bond donors (Lipinski definition) is 3. The van der Waals surface area contributed by atoms with E-state index < -0.39 is 17.2 Å². The number of carboxylic acids is 1. The summed E-state index contributed by atoms with van der Waals surface area (Å²) in [6.07, 6.45) is 7.93. The number of carbonyl (C=O) groups is 1. The summed E-state index contributed by atoms with van der Waals surface area (Å²) in [6, 6.07) is 9.23. The molecule has 49 heavy (non-hydrogen) atoms. The first-order valence-electron chi connectivity index (χ1n) is 15.9. The van der Waals surface area contributed by atoms with Crippen molar-refractivity contribution in [3.63, 3.8) is 0 Å². The summed E-state index contributed by atoms with van der Waals surface area (Å²) in [7, 11) is 3.00. The summed E-state index contributed by atoms with van der Waals surface area (Å²) >= 11 is 0. The standard InChI is InChI=1S/C26H26O6.C13H16O4/c1-14(2)6-11-17-22-18(12-13-26(3,4)32-22)24-20(23(17)30-5)21(28)19(25(29)31-24)15-7-9-16(27)10-8-15;1-13(2)7-6-8-10(17-13)5-4-9(12(14)15)11(8)16-3/h6-10,12-13,27-28H,11H2,1-5H3;4-5H,6-7H2,1-3H3,(H,14,15). The third-order valence-corrected chi connectivity index (χ3v) is 8.47. The fourth-order valence-corrected chi connectivity index (χ4v) is 6.01. The van der Waals surface area contributed by atoms with Gasteiger partial charge in [-0.2, -0.15) is 0 Å². The summed E-state index contributed by atoms with van der Waals surface area (Å²) in [5.41, 5.74) is 2.69. The van der Waals surface area contributed by atoms with Crippen LogP contribution in [0, 0.1) is 0 Å². The molecule has 0 amide bonds. The molecule has 0 atom stereocenters. The molecule has 1 aromatic heterocycles. The van der Waals surface area contributed by atoms with Crippen LogP contribution >= 0.6 is 0 Å². The highest BCUT2D eigenvalue weighted by molar-refractivity contribution is 6.02. The van der Waals surface area contributed by atoms with Crippen LogP contribution in [0.2, 0.25) is 0 Å². The lowest BCUT2D eigenvalue weighted by atomic mass is 9.92. The highest BCUT2D eigenvalue weighted by Gasteiger charge is 2.33. The molecule has 4 aromatic rings. The number of aromatic carboxylic acids is 1. The van der Waals surface area contributed by atoms with Crippen LogP contribution in [0.1, 0.15) is 75.0 Å². The fraction of sp³-hybridized carbons (Fsp3) is 0.333. The number of ether oxygens (including phenoxy) is 4. The van der Waals surface area contributed by atoms with Gasteiger partial charge in [0.1, 0.15) is 62.2 Å². The van der Waals surface area contributed by atoms with Crippen molar-refractivity contribution in [1.82, 2.24) is 0 Å². The van der Waals surface area contributed by atoms with Crippen LogP contribution in [-0.2, 0) is 12.8 Å². The number of rotatable bonds is 6. The van der Waals surface area contributed by atoms with Crippen LogP contribution in [0.15, 0.2) is 63.3 Å². The number of aromatic hydroxyl groups is 2. The van der Waals surface area contributed by atoms with Crippen LogP contribution in [-0.4, -0.2) is 46.7 Å². The summed E-state index contributed by atoms with van der Waals surface area (Å²) in [6.45, 7) is 11.9. The summed E-state index contributed by atoms with van der Waals surface area (Å²) < 4.78 is 28.8. The lowest BCUT2D eigenvalue weighted by Gasteiger charge is -2.33. The third-order valence-electron chi connectivity index (χ3n) is 8.47. The molecule has 0 aliphatic carbocycles. The third kappa shape index (κ3) is 6.95. The Labute approximate surface area is 284 Å². The van der Waals surface area contributed by atoms with Gasteiger partial charge in [0, 0.05) is 11.1 Å². The van der Waals surface area contributed by atoms with Crippen LogP contribution in [0.25, 0.3) is 28.2 Å². The largest absolute Gasteiger partial charge is 0.508 e. The Bertz CT molecular complexity index is 2040. The van der Waals surface area contributed by atoms with Crippen molar-refractivity contribution in [2.45, 2.75) is 72.0 Å². The minimum absolute atomic E-state index is 0.00458. The Balaban J connectivity index is 0.000000232. The van der Waals surface area contributed by atoms with E-state index in [1.165, 1.54) is 32.4 Å². The monoisotopic (exact) mass is 670 g/mol. The van der Waals surface area contributed by atoms with Crippen molar-refractivity contribution in [2.75, 3.05) is 14.2 Å². The Morgan fingerprint density at radius 3 is 2.24 bits per heavy atom. The first kappa shape index (κ1) is 34.9. The second-order valence-electron chi connectivity index (χ2n) is 13.4. The molecule has 0 spiro atoms. The Morgan fingerprint density at radius 1 is 0.959 bits per heavy atom. The SMILES string of the molecule is COc1c(C(=O)O)ccc2c1CCC(C)(C)O2.COc1c(CC=C(C)C)c2c(c3oc(=O)c(-c4ccc(O)cc4)c(O)c13)C=CC(C)(C)O2. The van der Waals surface area contributed by atoms with Gasteiger partial charge < -0.3 is 38.7 Å². The van der Waals surface area contributed by atoms with Gasteiger partial charge in [-0.15, -0.1) is 0 Å². The van der Waals surface area contributed by atoms with E-state index in [0.29, 0.717) is 40.2 Å². The molecule has 6 rings (SSSR count). The smallest absolute Gasteiger partial charge is 0.348 e. The van der Waals surface area contributed by atoms with Gasteiger partial charge in [-0.3, -0.25) is 0 Å². The molecule has 258 valence electrons. The first-order valence-corrected chi connectivity index (χ1v) is 15.9. The Hall–Kier alpha value is -5.38. The number of allylic oxidation sites excluding steroid dienone is 2. The van der Waals surface area contributed by atoms with Crippen molar-refractivity contribution >= 4 is 23.0 Å². The number of carboxylic acid groups (broad SMARTS) is 1. The Kier molecular flexibility index (Phi) is 9.45. The molecule has 0 unspecified atom stereocenters. The summed E-state index contributed by atoms with van der Waals surface area (Å²) in [4.78, 5) is 24.0. The van der Waals surface area contributed by atoms with Gasteiger partial charge >= 0.3 is 11.6 Å².